The number of aliphatic hydroxyl groups is 1. The predicted molar refractivity (Wildman–Crippen MR) is 72.1 cm³/mol. The van der Waals surface area contributed by atoms with Gasteiger partial charge in [-0.05, 0) is 43.2 Å². The van der Waals surface area contributed by atoms with Gasteiger partial charge in [-0.2, -0.15) is 0 Å². The lowest BCUT2D eigenvalue weighted by atomic mass is 9.69. The van der Waals surface area contributed by atoms with Crippen LogP contribution in [0.4, 0.5) is 0 Å². The van der Waals surface area contributed by atoms with Crippen molar-refractivity contribution in [3.63, 3.8) is 0 Å². The number of hydrogen-bond donors (Lipinski definition) is 1. The van der Waals surface area contributed by atoms with Crippen LogP contribution in [0.5, 0.6) is 0 Å². The standard InChI is InChI=1S/C16H24O/c1-12-7-8-14(13(2)11-12)15(17)16(3)9-5-4-6-10-16/h7-8,11,15,17H,4-6,9-10H2,1-3H3. The maximum Gasteiger partial charge on any atom is 0.0846 e. The average Bonchev–Trinajstić information content (AvgIpc) is 2.29. The van der Waals surface area contributed by atoms with E-state index in [1.807, 2.05) is 0 Å². The molecule has 1 saturated carbocycles. The third-order valence-electron chi connectivity index (χ3n) is 4.38. The third-order valence-corrected chi connectivity index (χ3v) is 4.38. The molecule has 1 N–H and O–H groups in total. The highest BCUT2D eigenvalue weighted by molar-refractivity contribution is 5.33. The van der Waals surface area contributed by atoms with Crippen molar-refractivity contribution in [1.29, 1.82) is 0 Å². The van der Waals surface area contributed by atoms with Gasteiger partial charge < -0.3 is 5.11 Å². The maximum absolute atomic E-state index is 10.7. The van der Waals surface area contributed by atoms with Gasteiger partial charge in [-0.1, -0.05) is 49.9 Å². The van der Waals surface area contributed by atoms with E-state index in [0.717, 1.165) is 18.4 Å². The molecule has 1 fully saturated rings. The van der Waals surface area contributed by atoms with E-state index in [2.05, 4.69) is 39.0 Å². The van der Waals surface area contributed by atoms with Crippen LogP contribution in [0.15, 0.2) is 18.2 Å². The number of hydrogen-bond acceptors (Lipinski definition) is 1. The van der Waals surface area contributed by atoms with Gasteiger partial charge in [0, 0.05) is 0 Å². The fourth-order valence-corrected chi connectivity index (χ4v) is 3.14. The number of benzene rings is 1. The van der Waals surface area contributed by atoms with Gasteiger partial charge >= 0.3 is 0 Å². The largest absolute Gasteiger partial charge is 0.388 e. The summed E-state index contributed by atoms with van der Waals surface area (Å²) in [6, 6.07) is 6.39. The van der Waals surface area contributed by atoms with Gasteiger partial charge in [-0.15, -0.1) is 0 Å². The maximum atomic E-state index is 10.7. The number of rotatable bonds is 2. The lowest BCUT2D eigenvalue weighted by Gasteiger charge is -2.38. The molecule has 1 aromatic carbocycles. The molecular weight excluding hydrogens is 208 g/mol. The Hall–Kier alpha value is -0.820. The minimum atomic E-state index is -0.302. The first-order chi connectivity index (χ1) is 8.03. The van der Waals surface area contributed by atoms with Gasteiger partial charge in [-0.3, -0.25) is 0 Å². The van der Waals surface area contributed by atoms with Crippen molar-refractivity contribution in [2.24, 2.45) is 5.41 Å². The molecule has 1 aromatic rings. The van der Waals surface area contributed by atoms with Crippen molar-refractivity contribution in [3.05, 3.63) is 34.9 Å². The second-order valence-corrected chi connectivity index (χ2v) is 5.98. The zero-order chi connectivity index (χ0) is 12.5. The van der Waals surface area contributed by atoms with Gasteiger partial charge in [0.2, 0.25) is 0 Å². The van der Waals surface area contributed by atoms with Gasteiger partial charge in [-0.25, -0.2) is 0 Å². The molecule has 2 rings (SSSR count). The Morgan fingerprint density at radius 1 is 1.12 bits per heavy atom. The fourth-order valence-electron chi connectivity index (χ4n) is 3.14. The summed E-state index contributed by atoms with van der Waals surface area (Å²) in [5, 5.41) is 10.7. The molecule has 1 unspecified atom stereocenters. The van der Waals surface area contributed by atoms with Crippen molar-refractivity contribution >= 4 is 0 Å². The van der Waals surface area contributed by atoms with Crippen LogP contribution in [-0.2, 0) is 0 Å². The Morgan fingerprint density at radius 2 is 1.76 bits per heavy atom. The zero-order valence-electron chi connectivity index (χ0n) is 11.3. The summed E-state index contributed by atoms with van der Waals surface area (Å²) in [5.41, 5.74) is 3.70. The highest BCUT2D eigenvalue weighted by Gasteiger charge is 2.35. The monoisotopic (exact) mass is 232 g/mol. The first-order valence-corrected chi connectivity index (χ1v) is 6.78. The molecule has 1 aliphatic carbocycles. The zero-order valence-corrected chi connectivity index (χ0v) is 11.3. The summed E-state index contributed by atoms with van der Waals surface area (Å²) in [4.78, 5) is 0. The van der Waals surface area contributed by atoms with Gasteiger partial charge in [0.05, 0.1) is 6.10 Å². The Kier molecular flexibility index (Phi) is 3.58. The molecule has 0 heterocycles. The highest BCUT2D eigenvalue weighted by Crippen LogP contribution is 2.46. The first-order valence-electron chi connectivity index (χ1n) is 6.78. The summed E-state index contributed by atoms with van der Waals surface area (Å²) in [7, 11) is 0. The van der Waals surface area contributed by atoms with E-state index in [1.54, 1.807) is 0 Å². The minimum absolute atomic E-state index is 0.0816. The average molecular weight is 232 g/mol. The molecular formula is C16H24O. The van der Waals surface area contributed by atoms with E-state index >= 15 is 0 Å². The van der Waals surface area contributed by atoms with Crippen molar-refractivity contribution in [2.45, 2.75) is 59.0 Å². The molecule has 1 heteroatoms. The molecule has 0 saturated heterocycles. The number of aryl methyl sites for hydroxylation is 2. The molecule has 0 radical (unpaired) electrons. The molecule has 1 atom stereocenters. The van der Waals surface area contributed by atoms with E-state index in [0.29, 0.717) is 0 Å². The van der Waals surface area contributed by atoms with Gasteiger partial charge in [0.25, 0.3) is 0 Å². The molecule has 0 bridgehead atoms. The summed E-state index contributed by atoms with van der Waals surface area (Å²) in [6.07, 6.45) is 5.86. The Balaban J connectivity index is 2.26. The summed E-state index contributed by atoms with van der Waals surface area (Å²) in [5.74, 6) is 0. The molecule has 0 aromatic heterocycles. The topological polar surface area (TPSA) is 20.2 Å². The van der Waals surface area contributed by atoms with E-state index < -0.39 is 0 Å². The first kappa shape index (κ1) is 12.6. The third kappa shape index (κ3) is 2.55. The molecule has 1 nitrogen and oxygen atoms in total. The molecule has 94 valence electrons. The molecule has 1 aliphatic rings. The van der Waals surface area contributed by atoms with Crippen LogP contribution in [-0.4, -0.2) is 5.11 Å². The molecule has 0 spiro atoms. The van der Waals surface area contributed by atoms with E-state index in [1.165, 1.54) is 30.4 Å². The fraction of sp³-hybridized carbons (Fsp3) is 0.625. The Morgan fingerprint density at radius 3 is 2.35 bits per heavy atom. The van der Waals surface area contributed by atoms with E-state index in [9.17, 15) is 5.11 Å². The van der Waals surface area contributed by atoms with Crippen molar-refractivity contribution in [3.8, 4) is 0 Å². The Bertz CT molecular complexity index is 389. The van der Waals surface area contributed by atoms with Crippen LogP contribution < -0.4 is 0 Å². The molecule has 0 amide bonds. The smallest absolute Gasteiger partial charge is 0.0846 e. The van der Waals surface area contributed by atoms with Crippen molar-refractivity contribution in [2.75, 3.05) is 0 Å². The SMILES string of the molecule is Cc1ccc(C(O)C2(C)CCCCC2)c(C)c1. The summed E-state index contributed by atoms with van der Waals surface area (Å²) >= 11 is 0. The van der Waals surface area contributed by atoms with Crippen LogP contribution in [0, 0.1) is 19.3 Å². The number of aliphatic hydroxyl groups excluding tert-OH is 1. The summed E-state index contributed by atoms with van der Waals surface area (Å²) in [6.45, 7) is 6.46. The quantitative estimate of drug-likeness (QED) is 0.805. The predicted octanol–water partition coefficient (Wildman–Crippen LogP) is 4.31. The van der Waals surface area contributed by atoms with E-state index in [4.69, 9.17) is 0 Å². The minimum Gasteiger partial charge on any atom is -0.388 e. The van der Waals surface area contributed by atoms with Crippen molar-refractivity contribution < 1.29 is 5.11 Å². The second-order valence-electron chi connectivity index (χ2n) is 5.98. The second kappa shape index (κ2) is 4.81. The van der Waals surface area contributed by atoms with Crippen LogP contribution >= 0.6 is 0 Å². The van der Waals surface area contributed by atoms with Gasteiger partial charge in [0.15, 0.2) is 0 Å². The lowest BCUT2D eigenvalue weighted by molar-refractivity contribution is 0.00777. The van der Waals surface area contributed by atoms with Gasteiger partial charge in [0.1, 0.15) is 0 Å². The van der Waals surface area contributed by atoms with Crippen LogP contribution in [0.1, 0.15) is 61.8 Å². The highest BCUT2D eigenvalue weighted by atomic mass is 16.3. The normalized spacial score (nSPS) is 21.2. The van der Waals surface area contributed by atoms with Crippen LogP contribution in [0.25, 0.3) is 0 Å². The lowest BCUT2D eigenvalue weighted by Crippen LogP contribution is -2.28. The van der Waals surface area contributed by atoms with Crippen LogP contribution in [0.2, 0.25) is 0 Å². The summed E-state index contributed by atoms with van der Waals surface area (Å²) < 4.78 is 0. The molecule has 17 heavy (non-hydrogen) atoms. The Labute approximate surface area is 105 Å². The van der Waals surface area contributed by atoms with E-state index in [-0.39, 0.29) is 11.5 Å². The molecule has 0 aliphatic heterocycles. The van der Waals surface area contributed by atoms with Crippen molar-refractivity contribution in [1.82, 2.24) is 0 Å². The van der Waals surface area contributed by atoms with Crippen LogP contribution in [0.3, 0.4) is 0 Å².